The molecule has 1 amide bonds. The highest BCUT2D eigenvalue weighted by molar-refractivity contribution is 6.44. The van der Waals surface area contributed by atoms with Crippen molar-refractivity contribution >= 4 is 51.7 Å². The fraction of sp³-hybridized carbons (Fsp3) is 0. The molecule has 0 radical (unpaired) electrons. The van der Waals surface area contributed by atoms with Gasteiger partial charge in [0.15, 0.2) is 11.0 Å². The van der Waals surface area contributed by atoms with Gasteiger partial charge in [-0.05, 0) is 18.2 Å². The van der Waals surface area contributed by atoms with E-state index < -0.39 is 28.9 Å². The van der Waals surface area contributed by atoms with Crippen LogP contribution in [0.2, 0.25) is 10.0 Å². The van der Waals surface area contributed by atoms with Crippen LogP contribution in [-0.2, 0) is 0 Å². The Balaban J connectivity index is 2.15. The number of carbonyl (C=O) groups is 2. The molecule has 3 aromatic rings. The van der Waals surface area contributed by atoms with Gasteiger partial charge in [-0.15, -0.1) is 0 Å². The molecule has 0 atom stereocenters. The number of amides is 1. The predicted octanol–water partition coefficient (Wildman–Crippen LogP) is 4.19. The van der Waals surface area contributed by atoms with E-state index in [9.17, 15) is 18.8 Å². The van der Waals surface area contributed by atoms with E-state index in [-0.39, 0.29) is 32.3 Å². The lowest BCUT2D eigenvalue weighted by Crippen LogP contribution is -2.14. The topological polar surface area (TPSA) is 96.6 Å². The Morgan fingerprint density at radius 2 is 1.88 bits per heavy atom. The third-order valence-electron chi connectivity index (χ3n) is 3.45. The summed E-state index contributed by atoms with van der Waals surface area (Å²) >= 11 is 11.8. The van der Waals surface area contributed by atoms with Gasteiger partial charge in [0.2, 0.25) is 5.76 Å². The Kier molecular flexibility index (Phi) is 4.67. The highest BCUT2D eigenvalue weighted by Gasteiger charge is 2.18. The SMILES string of the molecule is O=C(O)c1cc(=O)c2cc(F)cc(NC(=O)c3cccc(Cl)c3Cl)c2o1. The molecule has 9 heteroatoms. The molecule has 2 aromatic carbocycles. The second kappa shape index (κ2) is 6.78. The van der Waals surface area contributed by atoms with Crippen molar-refractivity contribution in [2.24, 2.45) is 0 Å². The lowest BCUT2D eigenvalue weighted by molar-refractivity contribution is 0.0663. The Morgan fingerprint density at radius 1 is 1.15 bits per heavy atom. The molecule has 2 N–H and O–H groups in total. The number of carboxylic acid groups (broad SMARTS) is 1. The Labute approximate surface area is 154 Å². The zero-order valence-corrected chi connectivity index (χ0v) is 14.2. The van der Waals surface area contributed by atoms with Gasteiger partial charge in [0, 0.05) is 12.1 Å². The van der Waals surface area contributed by atoms with Crippen molar-refractivity contribution in [2.75, 3.05) is 5.32 Å². The van der Waals surface area contributed by atoms with Crippen LogP contribution in [0.1, 0.15) is 20.9 Å². The van der Waals surface area contributed by atoms with Crippen LogP contribution in [0.4, 0.5) is 10.1 Å². The van der Waals surface area contributed by atoms with Gasteiger partial charge < -0.3 is 14.8 Å². The summed E-state index contributed by atoms with van der Waals surface area (Å²) in [6.45, 7) is 0. The van der Waals surface area contributed by atoms with E-state index in [1.165, 1.54) is 18.2 Å². The Morgan fingerprint density at radius 3 is 2.58 bits per heavy atom. The summed E-state index contributed by atoms with van der Waals surface area (Å²) < 4.78 is 19.0. The van der Waals surface area contributed by atoms with Crippen molar-refractivity contribution in [1.82, 2.24) is 0 Å². The smallest absolute Gasteiger partial charge is 0.371 e. The summed E-state index contributed by atoms with van der Waals surface area (Å²) in [6.07, 6.45) is 0. The third kappa shape index (κ3) is 3.26. The van der Waals surface area contributed by atoms with Gasteiger partial charge in [0.1, 0.15) is 5.82 Å². The lowest BCUT2D eigenvalue weighted by atomic mass is 10.1. The zero-order valence-electron chi connectivity index (χ0n) is 12.7. The highest BCUT2D eigenvalue weighted by Crippen LogP contribution is 2.28. The van der Waals surface area contributed by atoms with Crippen molar-refractivity contribution in [3.63, 3.8) is 0 Å². The number of carboxylic acids is 1. The van der Waals surface area contributed by atoms with E-state index in [0.29, 0.717) is 0 Å². The van der Waals surface area contributed by atoms with Gasteiger partial charge in [0.05, 0.1) is 26.7 Å². The number of aromatic carboxylic acids is 1. The number of hydrogen-bond donors (Lipinski definition) is 2. The van der Waals surface area contributed by atoms with Gasteiger partial charge >= 0.3 is 5.97 Å². The van der Waals surface area contributed by atoms with Crippen molar-refractivity contribution in [3.8, 4) is 0 Å². The maximum absolute atomic E-state index is 13.8. The number of nitrogens with one attached hydrogen (secondary N) is 1. The molecule has 0 unspecified atom stereocenters. The van der Waals surface area contributed by atoms with Crippen LogP contribution in [0.3, 0.4) is 0 Å². The first-order chi connectivity index (χ1) is 12.3. The minimum absolute atomic E-state index is 0.00770. The molecule has 0 aliphatic rings. The van der Waals surface area contributed by atoms with Crippen LogP contribution < -0.4 is 10.7 Å². The van der Waals surface area contributed by atoms with Crippen molar-refractivity contribution in [1.29, 1.82) is 0 Å². The molecular formula is C17H8Cl2FNO5. The van der Waals surface area contributed by atoms with E-state index in [0.717, 1.165) is 18.2 Å². The monoisotopic (exact) mass is 395 g/mol. The number of benzene rings is 2. The molecule has 1 aromatic heterocycles. The average molecular weight is 396 g/mol. The first kappa shape index (κ1) is 17.9. The van der Waals surface area contributed by atoms with Gasteiger partial charge in [-0.25, -0.2) is 9.18 Å². The van der Waals surface area contributed by atoms with Crippen LogP contribution in [0.5, 0.6) is 0 Å². The lowest BCUT2D eigenvalue weighted by Gasteiger charge is -2.10. The fourth-order valence-corrected chi connectivity index (χ4v) is 2.68. The molecule has 6 nitrogen and oxygen atoms in total. The minimum Gasteiger partial charge on any atom is -0.475 e. The molecule has 0 saturated carbocycles. The first-order valence-electron chi connectivity index (χ1n) is 7.04. The Hall–Kier alpha value is -2.90. The number of hydrogen-bond acceptors (Lipinski definition) is 4. The molecule has 0 saturated heterocycles. The van der Waals surface area contributed by atoms with Gasteiger partial charge in [-0.2, -0.15) is 0 Å². The number of carbonyl (C=O) groups excluding carboxylic acids is 1. The molecule has 3 rings (SSSR count). The molecule has 0 aliphatic carbocycles. The number of anilines is 1. The van der Waals surface area contributed by atoms with Crippen LogP contribution >= 0.6 is 23.2 Å². The third-order valence-corrected chi connectivity index (χ3v) is 4.27. The molecule has 0 aliphatic heterocycles. The zero-order chi connectivity index (χ0) is 19.0. The van der Waals surface area contributed by atoms with Gasteiger partial charge in [-0.3, -0.25) is 9.59 Å². The number of rotatable bonds is 3. The van der Waals surface area contributed by atoms with Crippen LogP contribution in [-0.4, -0.2) is 17.0 Å². The molecule has 0 fully saturated rings. The summed E-state index contributed by atoms with van der Waals surface area (Å²) in [4.78, 5) is 35.5. The van der Waals surface area contributed by atoms with Gasteiger partial charge in [-0.1, -0.05) is 29.3 Å². The maximum atomic E-state index is 13.8. The number of halogens is 3. The second-order valence-corrected chi connectivity index (χ2v) is 5.95. The van der Waals surface area contributed by atoms with E-state index in [1.807, 2.05) is 0 Å². The summed E-state index contributed by atoms with van der Waals surface area (Å²) in [5.74, 6) is -3.69. The van der Waals surface area contributed by atoms with Crippen LogP contribution in [0.15, 0.2) is 45.6 Å². The quantitative estimate of drug-likeness (QED) is 0.692. The largest absolute Gasteiger partial charge is 0.475 e. The first-order valence-corrected chi connectivity index (χ1v) is 7.79. The predicted molar refractivity (Wildman–Crippen MR) is 93.8 cm³/mol. The van der Waals surface area contributed by atoms with Gasteiger partial charge in [0.25, 0.3) is 5.91 Å². The van der Waals surface area contributed by atoms with Crippen molar-refractivity contribution in [2.45, 2.75) is 0 Å². The van der Waals surface area contributed by atoms with E-state index in [2.05, 4.69) is 5.32 Å². The molecule has 26 heavy (non-hydrogen) atoms. The molecule has 0 bridgehead atoms. The van der Waals surface area contributed by atoms with E-state index >= 15 is 0 Å². The second-order valence-electron chi connectivity index (χ2n) is 5.17. The summed E-state index contributed by atoms with van der Waals surface area (Å²) in [5, 5.41) is 11.3. The average Bonchev–Trinajstić information content (AvgIpc) is 2.57. The summed E-state index contributed by atoms with van der Waals surface area (Å²) in [7, 11) is 0. The van der Waals surface area contributed by atoms with E-state index in [1.54, 1.807) is 0 Å². The van der Waals surface area contributed by atoms with Crippen molar-refractivity contribution in [3.05, 3.63) is 73.8 Å². The molecule has 1 heterocycles. The molecule has 0 spiro atoms. The Bertz CT molecular complexity index is 1130. The standard InChI is InChI=1S/C17H8Cl2FNO5/c18-10-3-1-2-8(14(10)19)16(23)21-11-5-7(20)4-9-12(22)6-13(17(24)25)26-15(9)11/h1-6H,(H,21,23)(H,24,25). The number of fused-ring (bicyclic) bond motifs is 1. The van der Waals surface area contributed by atoms with E-state index in [4.69, 9.17) is 32.7 Å². The highest BCUT2D eigenvalue weighted by atomic mass is 35.5. The summed E-state index contributed by atoms with van der Waals surface area (Å²) in [6, 6.07) is 6.88. The normalized spacial score (nSPS) is 10.7. The minimum atomic E-state index is -1.48. The molecular weight excluding hydrogens is 388 g/mol. The van der Waals surface area contributed by atoms with Crippen LogP contribution in [0.25, 0.3) is 11.0 Å². The maximum Gasteiger partial charge on any atom is 0.371 e. The molecule has 132 valence electrons. The van der Waals surface area contributed by atoms with Crippen LogP contribution in [0, 0.1) is 5.82 Å². The van der Waals surface area contributed by atoms with Crippen molar-refractivity contribution < 1.29 is 23.5 Å². The fourth-order valence-electron chi connectivity index (χ4n) is 2.29. The summed E-state index contributed by atoms with van der Waals surface area (Å²) in [5.41, 5.74) is -1.25.